The molecule has 0 saturated heterocycles. The molecular formula is C10H14O. The molecule has 60 valence electrons. The van der Waals surface area contributed by atoms with Crippen LogP contribution in [0.25, 0.3) is 0 Å². The molecule has 0 aromatic carbocycles. The first-order chi connectivity index (χ1) is 5.09. The second-order valence-electron chi connectivity index (χ2n) is 3.36. The summed E-state index contributed by atoms with van der Waals surface area (Å²) in [6.07, 6.45) is 3.86. The highest BCUT2D eigenvalue weighted by Crippen LogP contribution is 2.26. The summed E-state index contributed by atoms with van der Waals surface area (Å²) in [5.41, 5.74) is 2.37. The van der Waals surface area contributed by atoms with E-state index in [9.17, 15) is 4.79 Å². The van der Waals surface area contributed by atoms with Crippen molar-refractivity contribution in [3.8, 4) is 0 Å². The number of hydrogen-bond donors (Lipinski definition) is 0. The highest BCUT2D eigenvalue weighted by atomic mass is 16.1. The minimum Gasteiger partial charge on any atom is -0.300 e. The fraction of sp³-hybridized carbons (Fsp3) is 0.500. The third-order valence-corrected chi connectivity index (χ3v) is 2.10. The van der Waals surface area contributed by atoms with E-state index in [4.69, 9.17) is 0 Å². The van der Waals surface area contributed by atoms with Gasteiger partial charge in [-0.2, -0.15) is 0 Å². The first kappa shape index (κ1) is 8.25. The molecule has 0 bridgehead atoms. The zero-order valence-electron chi connectivity index (χ0n) is 7.18. The molecule has 0 aromatic heterocycles. The zero-order chi connectivity index (χ0) is 8.43. The van der Waals surface area contributed by atoms with Gasteiger partial charge in [0.25, 0.3) is 0 Å². The van der Waals surface area contributed by atoms with Gasteiger partial charge in [0.05, 0.1) is 0 Å². The molecular weight excluding hydrogens is 136 g/mol. The van der Waals surface area contributed by atoms with Gasteiger partial charge in [0.15, 0.2) is 0 Å². The Morgan fingerprint density at radius 3 is 2.73 bits per heavy atom. The molecule has 1 unspecified atom stereocenters. The molecule has 1 aliphatic rings. The van der Waals surface area contributed by atoms with Gasteiger partial charge in [-0.1, -0.05) is 23.8 Å². The third kappa shape index (κ3) is 2.04. The molecule has 0 fully saturated rings. The van der Waals surface area contributed by atoms with E-state index in [1.165, 1.54) is 5.57 Å². The first-order valence-corrected chi connectivity index (χ1v) is 3.95. The Labute approximate surface area is 67.8 Å². The van der Waals surface area contributed by atoms with Gasteiger partial charge in [-0.3, -0.25) is 4.79 Å². The van der Waals surface area contributed by atoms with E-state index >= 15 is 0 Å². The van der Waals surface area contributed by atoms with Gasteiger partial charge in [0.1, 0.15) is 5.78 Å². The SMILES string of the molecule is C=C1C=C(C)CC(C(C)=O)C1. The Morgan fingerprint density at radius 1 is 1.64 bits per heavy atom. The molecule has 1 heteroatoms. The number of carbonyl (C=O) groups is 1. The van der Waals surface area contributed by atoms with Crippen LogP contribution in [0.3, 0.4) is 0 Å². The fourth-order valence-electron chi connectivity index (χ4n) is 1.53. The molecule has 0 heterocycles. The summed E-state index contributed by atoms with van der Waals surface area (Å²) in [6, 6.07) is 0. The minimum atomic E-state index is 0.201. The summed E-state index contributed by atoms with van der Waals surface area (Å²) < 4.78 is 0. The van der Waals surface area contributed by atoms with Crippen LogP contribution in [0.1, 0.15) is 26.7 Å². The van der Waals surface area contributed by atoms with Gasteiger partial charge in [-0.25, -0.2) is 0 Å². The van der Waals surface area contributed by atoms with E-state index in [1.54, 1.807) is 6.92 Å². The van der Waals surface area contributed by atoms with Crippen molar-refractivity contribution < 1.29 is 4.79 Å². The Morgan fingerprint density at radius 2 is 2.27 bits per heavy atom. The maximum Gasteiger partial charge on any atom is 0.133 e. The van der Waals surface area contributed by atoms with E-state index in [1.807, 2.05) is 0 Å². The van der Waals surface area contributed by atoms with Crippen molar-refractivity contribution in [2.24, 2.45) is 5.92 Å². The van der Waals surface area contributed by atoms with Crippen LogP contribution in [0.2, 0.25) is 0 Å². The minimum absolute atomic E-state index is 0.201. The van der Waals surface area contributed by atoms with Crippen LogP contribution < -0.4 is 0 Å². The van der Waals surface area contributed by atoms with Crippen LogP contribution in [0.15, 0.2) is 23.8 Å². The van der Waals surface area contributed by atoms with Crippen LogP contribution >= 0.6 is 0 Å². The molecule has 0 amide bonds. The van der Waals surface area contributed by atoms with Crippen molar-refractivity contribution in [3.63, 3.8) is 0 Å². The highest BCUT2D eigenvalue weighted by molar-refractivity contribution is 5.79. The lowest BCUT2D eigenvalue weighted by Gasteiger charge is -2.19. The van der Waals surface area contributed by atoms with Crippen LogP contribution in [-0.2, 0) is 4.79 Å². The molecule has 0 aromatic rings. The molecule has 0 radical (unpaired) electrons. The van der Waals surface area contributed by atoms with Crippen molar-refractivity contribution in [1.82, 2.24) is 0 Å². The van der Waals surface area contributed by atoms with E-state index in [-0.39, 0.29) is 5.92 Å². The quantitative estimate of drug-likeness (QED) is 0.561. The van der Waals surface area contributed by atoms with E-state index in [0.29, 0.717) is 5.78 Å². The molecule has 1 atom stereocenters. The monoisotopic (exact) mass is 150 g/mol. The first-order valence-electron chi connectivity index (χ1n) is 3.95. The maximum absolute atomic E-state index is 11.0. The molecule has 0 spiro atoms. The Balaban J connectivity index is 2.72. The second kappa shape index (κ2) is 3.04. The van der Waals surface area contributed by atoms with Gasteiger partial charge in [0, 0.05) is 5.92 Å². The predicted molar refractivity (Wildman–Crippen MR) is 46.3 cm³/mol. The second-order valence-corrected chi connectivity index (χ2v) is 3.36. The molecule has 0 N–H and O–H groups in total. The maximum atomic E-state index is 11.0. The van der Waals surface area contributed by atoms with E-state index in [0.717, 1.165) is 18.4 Å². The molecule has 11 heavy (non-hydrogen) atoms. The van der Waals surface area contributed by atoms with Crippen molar-refractivity contribution in [1.29, 1.82) is 0 Å². The summed E-state index contributed by atoms with van der Waals surface area (Å²) in [5, 5.41) is 0. The van der Waals surface area contributed by atoms with Crippen molar-refractivity contribution in [3.05, 3.63) is 23.8 Å². The zero-order valence-corrected chi connectivity index (χ0v) is 7.18. The average molecular weight is 150 g/mol. The average Bonchev–Trinajstić information content (AvgIpc) is 1.85. The van der Waals surface area contributed by atoms with E-state index in [2.05, 4.69) is 19.6 Å². The largest absolute Gasteiger partial charge is 0.300 e. The fourth-order valence-corrected chi connectivity index (χ4v) is 1.53. The van der Waals surface area contributed by atoms with Gasteiger partial charge in [0.2, 0.25) is 0 Å². The van der Waals surface area contributed by atoms with Crippen LogP contribution in [-0.4, -0.2) is 5.78 Å². The predicted octanol–water partition coefficient (Wildman–Crippen LogP) is 2.49. The van der Waals surface area contributed by atoms with Crippen LogP contribution in [0.4, 0.5) is 0 Å². The lowest BCUT2D eigenvalue weighted by Crippen LogP contribution is -2.14. The highest BCUT2D eigenvalue weighted by Gasteiger charge is 2.18. The van der Waals surface area contributed by atoms with Crippen molar-refractivity contribution in [2.75, 3.05) is 0 Å². The Bertz CT molecular complexity index is 223. The van der Waals surface area contributed by atoms with Gasteiger partial charge in [-0.15, -0.1) is 0 Å². The van der Waals surface area contributed by atoms with Crippen LogP contribution in [0.5, 0.6) is 0 Å². The smallest absolute Gasteiger partial charge is 0.133 e. The molecule has 0 saturated carbocycles. The molecule has 1 nitrogen and oxygen atoms in total. The molecule has 1 aliphatic carbocycles. The number of allylic oxidation sites excluding steroid dienone is 3. The van der Waals surface area contributed by atoms with Gasteiger partial charge < -0.3 is 0 Å². The summed E-state index contributed by atoms with van der Waals surface area (Å²) >= 11 is 0. The van der Waals surface area contributed by atoms with Gasteiger partial charge >= 0.3 is 0 Å². The lowest BCUT2D eigenvalue weighted by molar-refractivity contribution is -0.120. The molecule has 0 aliphatic heterocycles. The number of rotatable bonds is 1. The van der Waals surface area contributed by atoms with E-state index < -0.39 is 0 Å². The summed E-state index contributed by atoms with van der Waals surface area (Å²) in [4.78, 5) is 11.0. The lowest BCUT2D eigenvalue weighted by atomic mass is 9.85. The topological polar surface area (TPSA) is 17.1 Å². The third-order valence-electron chi connectivity index (χ3n) is 2.10. The number of Topliss-reactive ketones (excluding diaryl/α,β-unsaturated/α-hetero) is 1. The standard InChI is InChI=1S/C10H14O/c1-7-4-8(2)6-10(5-7)9(3)11/h4,10H,1,5-6H2,2-3H3. The Hall–Kier alpha value is -0.850. The van der Waals surface area contributed by atoms with Crippen molar-refractivity contribution >= 4 is 5.78 Å². The molecule has 1 rings (SSSR count). The Kier molecular flexibility index (Phi) is 2.28. The normalized spacial score (nSPS) is 24.7. The van der Waals surface area contributed by atoms with Crippen molar-refractivity contribution in [2.45, 2.75) is 26.7 Å². The summed E-state index contributed by atoms with van der Waals surface area (Å²) in [5.74, 6) is 0.492. The number of hydrogen-bond acceptors (Lipinski definition) is 1. The number of carbonyl (C=O) groups excluding carboxylic acids is 1. The summed E-state index contributed by atoms with van der Waals surface area (Å²) in [6.45, 7) is 7.59. The van der Waals surface area contributed by atoms with Gasteiger partial charge in [-0.05, 0) is 26.7 Å². The van der Waals surface area contributed by atoms with Crippen LogP contribution in [0, 0.1) is 5.92 Å². The number of ketones is 1. The summed E-state index contributed by atoms with van der Waals surface area (Å²) in [7, 11) is 0.